The van der Waals surface area contributed by atoms with E-state index >= 15 is 0 Å². The molecule has 0 radical (unpaired) electrons. The summed E-state index contributed by atoms with van der Waals surface area (Å²) in [5.74, 6) is -4.84. The number of carbonyl (C=O) groups is 2. The van der Waals surface area contributed by atoms with Crippen LogP contribution >= 0.6 is 0 Å². The number of piperazine rings is 1. The summed E-state index contributed by atoms with van der Waals surface area (Å²) in [4.78, 5) is 31.6. The second kappa shape index (κ2) is 12.1. The predicted octanol–water partition coefficient (Wildman–Crippen LogP) is 5.49. The van der Waals surface area contributed by atoms with E-state index in [2.05, 4.69) is 0 Å². The Balaban J connectivity index is 1.68. The molecule has 3 unspecified atom stereocenters. The number of likely N-dealkylation sites (N-methyl/N-ethyl adjacent to an activating group) is 1. The zero-order chi connectivity index (χ0) is 27.5. The van der Waals surface area contributed by atoms with Crippen molar-refractivity contribution < 1.29 is 35.9 Å². The molecule has 2 aliphatic carbocycles. The minimum Gasteiger partial charge on any atom is -0.344 e. The summed E-state index contributed by atoms with van der Waals surface area (Å²) in [7, 11) is 1.58. The van der Waals surface area contributed by atoms with Gasteiger partial charge in [0.15, 0.2) is 0 Å². The number of rotatable bonds is 7. The Labute approximate surface area is 215 Å². The van der Waals surface area contributed by atoms with Gasteiger partial charge < -0.3 is 9.80 Å². The van der Waals surface area contributed by atoms with Gasteiger partial charge in [-0.25, -0.2) is 0 Å². The second-order valence-corrected chi connectivity index (χ2v) is 11.6. The molecule has 11 heteroatoms. The van der Waals surface area contributed by atoms with E-state index in [0.29, 0.717) is 13.1 Å². The molecule has 5 nitrogen and oxygen atoms in total. The lowest BCUT2D eigenvalue weighted by molar-refractivity contribution is -0.229. The lowest BCUT2D eigenvalue weighted by Crippen LogP contribution is -2.60. The van der Waals surface area contributed by atoms with Crippen molar-refractivity contribution in [3.63, 3.8) is 0 Å². The first-order valence-electron chi connectivity index (χ1n) is 13.6. The van der Waals surface area contributed by atoms with Gasteiger partial charge in [0.2, 0.25) is 11.8 Å². The molecule has 2 saturated carbocycles. The normalized spacial score (nSPS) is 28.0. The van der Waals surface area contributed by atoms with E-state index < -0.39 is 42.6 Å². The smallest absolute Gasteiger partial charge is 0.344 e. The zero-order valence-electron chi connectivity index (χ0n) is 22.1. The quantitative estimate of drug-likeness (QED) is 0.400. The highest BCUT2D eigenvalue weighted by Crippen LogP contribution is 2.48. The Bertz CT molecular complexity index is 759. The highest BCUT2D eigenvalue weighted by molar-refractivity contribution is 5.84. The van der Waals surface area contributed by atoms with E-state index in [1.165, 1.54) is 4.90 Å². The van der Waals surface area contributed by atoms with Crippen molar-refractivity contribution in [2.75, 3.05) is 33.2 Å². The Morgan fingerprint density at radius 2 is 1.51 bits per heavy atom. The standard InChI is InChI=1S/C26H41F6N3O2/c1-17(2)35-12-11-34(16-22(35)36)23(19-7-5-4-6-8-19)24(37)33(3)10-9-18-13-20(25(27,28)29)15-21(14-18)26(30,31)32/h17-21,23H,4-16H2,1-3H3. The molecule has 3 atom stereocenters. The van der Waals surface area contributed by atoms with Gasteiger partial charge in [0.1, 0.15) is 0 Å². The molecule has 1 saturated heterocycles. The summed E-state index contributed by atoms with van der Waals surface area (Å²) in [6, 6.07) is -0.432. The monoisotopic (exact) mass is 541 g/mol. The fraction of sp³-hybridized carbons (Fsp3) is 0.923. The molecule has 0 N–H and O–H groups in total. The Kier molecular flexibility index (Phi) is 9.83. The second-order valence-electron chi connectivity index (χ2n) is 11.6. The third-order valence-corrected chi connectivity index (χ3v) is 8.63. The van der Waals surface area contributed by atoms with Crippen LogP contribution in [0, 0.1) is 23.7 Å². The van der Waals surface area contributed by atoms with Crippen molar-refractivity contribution in [2.45, 2.75) is 96.1 Å². The summed E-state index contributed by atoms with van der Waals surface area (Å²) >= 11 is 0. The SMILES string of the molecule is CC(C)N1CCN(C(C(=O)N(C)CCC2CC(C(F)(F)F)CC(C(F)(F)F)C2)C2CCCCC2)CC1=O. The van der Waals surface area contributed by atoms with Gasteiger partial charge in [-0.05, 0) is 64.2 Å². The first-order chi connectivity index (χ1) is 17.2. The van der Waals surface area contributed by atoms with Crippen molar-refractivity contribution in [3.8, 4) is 0 Å². The van der Waals surface area contributed by atoms with E-state index in [1.54, 1.807) is 11.9 Å². The van der Waals surface area contributed by atoms with E-state index in [1.807, 2.05) is 18.7 Å². The van der Waals surface area contributed by atoms with Gasteiger partial charge in [0.25, 0.3) is 0 Å². The zero-order valence-corrected chi connectivity index (χ0v) is 22.1. The third-order valence-electron chi connectivity index (χ3n) is 8.63. The van der Waals surface area contributed by atoms with E-state index in [0.717, 1.165) is 32.1 Å². The summed E-state index contributed by atoms with van der Waals surface area (Å²) in [5.41, 5.74) is 0. The van der Waals surface area contributed by atoms with Gasteiger partial charge in [-0.3, -0.25) is 14.5 Å². The molecular formula is C26H41F6N3O2. The number of nitrogens with zero attached hydrogens (tertiary/aromatic N) is 3. The first kappa shape index (κ1) is 30.0. The number of amides is 2. The number of carbonyl (C=O) groups excluding carboxylic acids is 2. The summed E-state index contributed by atoms with van der Waals surface area (Å²) in [6.07, 6.45) is -6.01. The fourth-order valence-electron chi connectivity index (χ4n) is 6.51. The highest BCUT2D eigenvalue weighted by Gasteiger charge is 2.51. The van der Waals surface area contributed by atoms with Gasteiger partial charge in [-0.2, -0.15) is 26.3 Å². The maximum Gasteiger partial charge on any atom is 0.391 e. The van der Waals surface area contributed by atoms with E-state index in [4.69, 9.17) is 0 Å². The van der Waals surface area contributed by atoms with Crippen LogP contribution in [0.2, 0.25) is 0 Å². The molecule has 214 valence electrons. The molecule has 3 rings (SSSR count). The predicted molar refractivity (Wildman–Crippen MR) is 127 cm³/mol. The van der Waals surface area contributed by atoms with Crippen molar-refractivity contribution in [2.24, 2.45) is 23.7 Å². The van der Waals surface area contributed by atoms with Crippen molar-refractivity contribution in [1.82, 2.24) is 14.7 Å². The lowest BCUT2D eigenvalue weighted by atomic mass is 9.73. The molecule has 2 amide bonds. The van der Waals surface area contributed by atoms with Gasteiger partial charge >= 0.3 is 12.4 Å². The Morgan fingerprint density at radius 1 is 0.946 bits per heavy atom. The van der Waals surface area contributed by atoms with E-state index in [9.17, 15) is 35.9 Å². The summed E-state index contributed by atoms with van der Waals surface area (Å²) in [5, 5.41) is 0. The van der Waals surface area contributed by atoms with Gasteiger partial charge in [-0.15, -0.1) is 0 Å². The van der Waals surface area contributed by atoms with Crippen LogP contribution in [0.3, 0.4) is 0 Å². The Morgan fingerprint density at radius 3 is 2.00 bits per heavy atom. The summed E-state index contributed by atoms with van der Waals surface area (Å²) < 4.78 is 80.2. The fourth-order valence-corrected chi connectivity index (χ4v) is 6.51. The van der Waals surface area contributed by atoms with Crippen LogP contribution in [0.15, 0.2) is 0 Å². The molecule has 0 spiro atoms. The molecule has 1 heterocycles. The number of hydrogen-bond acceptors (Lipinski definition) is 3. The Hall–Kier alpha value is -1.52. The van der Waals surface area contributed by atoms with Gasteiger partial charge in [0, 0.05) is 32.7 Å². The van der Waals surface area contributed by atoms with Crippen LogP contribution in [-0.4, -0.2) is 84.2 Å². The molecule has 0 bridgehead atoms. The average Bonchev–Trinajstić information content (AvgIpc) is 2.82. The van der Waals surface area contributed by atoms with Crippen molar-refractivity contribution in [3.05, 3.63) is 0 Å². The largest absolute Gasteiger partial charge is 0.391 e. The lowest BCUT2D eigenvalue weighted by Gasteiger charge is -2.44. The van der Waals surface area contributed by atoms with Crippen LogP contribution < -0.4 is 0 Å². The van der Waals surface area contributed by atoms with Crippen LogP contribution in [0.5, 0.6) is 0 Å². The maximum absolute atomic E-state index is 13.7. The molecular weight excluding hydrogens is 500 g/mol. The van der Waals surface area contributed by atoms with Gasteiger partial charge in [-0.1, -0.05) is 19.3 Å². The molecule has 1 aliphatic heterocycles. The molecule has 0 aromatic heterocycles. The minimum atomic E-state index is -4.67. The molecule has 3 aliphatic rings. The van der Waals surface area contributed by atoms with Crippen LogP contribution in [0.1, 0.15) is 71.6 Å². The van der Waals surface area contributed by atoms with Crippen LogP contribution in [0.25, 0.3) is 0 Å². The summed E-state index contributed by atoms with van der Waals surface area (Å²) in [6.45, 7) is 5.22. The molecule has 3 fully saturated rings. The number of alkyl halides is 6. The molecule has 37 heavy (non-hydrogen) atoms. The third kappa shape index (κ3) is 7.76. The van der Waals surface area contributed by atoms with Crippen molar-refractivity contribution in [1.29, 1.82) is 0 Å². The van der Waals surface area contributed by atoms with Crippen LogP contribution in [0.4, 0.5) is 26.3 Å². The van der Waals surface area contributed by atoms with Crippen molar-refractivity contribution >= 4 is 11.8 Å². The number of hydrogen-bond donors (Lipinski definition) is 0. The highest BCUT2D eigenvalue weighted by atomic mass is 19.4. The van der Waals surface area contributed by atoms with Crippen LogP contribution in [-0.2, 0) is 9.59 Å². The minimum absolute atomic E-state index is 0.0314. The molecule has 0 aromatic rings. The maximum atomic E-state index is 13.7. The van der Waals surface area contributed by atoms with E-state index in [-0.39, 0.29) is 56.1 Å². The van der Waals surface area contributed by atoms with Gasteiger partial charge in [0.05, 0.1) is 24.4 Å². The molecule has 0 aromatic carbocycles. The topological polar surface area (TPSA) is 43.9 Å². The first-order valence-corrected chi connectivity index (χ1v) is 13.6. The average molecular weight is 542 g/mol. The number of halogens is 6.